The second kappa shape index (κ2) is 15.1. The summed E-state index contributed by atoms with van der Waals surface area (Å²) in [4.78, 5) is 23.6. The van der Waals surface area contributed by atoms with Gasteiger partial charge < -0.3 is 9.47 Å². The van der Waals surface area contributed by atoms with E-state index in [0.717, 1.165) is 44.9 Å². The molecule has 0 N–H and O–H groups in total. The molecular formula is C20H34O4. The number of esters is 2. The summed E-state index contributed by atoms with van der Waals surface area (Å²) in [7, 11) is 0. The van der Waals surface area contributed by atoms with Crippen LogP contribution in [-0.4, -0.2) is 24.1 Å². The number of ether oxygens (including phenoxy) is 2. The van der Waals surface area contributed by atoms with Gasteiger partial charge in [0.05, 0.1) is 18.9 Å². The van der Waals surface area contributed by atoms with Crippen molar-refractivity contribution in [2.24, 2.45) is 0 Å². The fraction of sp³-hybridized carbons (Fsp3) is 0.800. The van der Waals surface area contributed by atoms with E-state index in [1.54, 1.807) is 0 Å². The molecule has 0 aliphatic rings. The van der Waals surface area contributed by atoms with Crippen LogP contribution in [0.4, 0.5) is 0 Å². The molecule has 0 rings (SSSR count). The zero-order valence-electron chi connectivity index (χ0n) is 15.9. The van der Waals surface area contributed by atoms with Crippen LogP contribution in [0.25, 0.3) is 0 Å². The first-order valence-corrected chi connectivity index (χ1v) is 9.38. The molecule has 0 amide bonds. The minimum Gasteiger partial charge on any atom is -0.463 e. The molecule has 0 aromatic rings. The van der Waals surface area contributed by atoms with E-state index in [2.05, 4.69) is 25.7 Å². The second-order valence-corrected chi connectivity index (χ2v) is 6.12. The molecule has 0 bridgehead atoms. The number of hydrogen-bond donors (Lipinski definition) is 0. The van der Waals surface area contributed by atoms with Crippen LogP contribution in [0.2, 0.25) is 0 Å². The van der Waals surface area contributed by atoms with Crippen LogP contribution in [0, 0.1) is 11.8 Å². The van der Waals surface area contributed by atoms with E-state index in [0.29, 0.717) is 6.42 Å². The average Bonchev–Trinajstić information content (AvgIpc) is 2.56. The number of rotatable bonds is 12. The molecule has 0 aliphatic carbocycles. The minimum absolute atomic E-state index is 0.0689. The molecule has 0 saturated heterocycles. The maximum Gasteiger partial charge on any atom is 0.306 e. The normalized spacial score (nSPS) is 12.7. The SMILES string of the molecule is CCCC#CCC(CC)OC(=O)CCC(=O)OC(C)CCCCC. The summed E-state index contributed by atoms with van der Waals surface area (Å²) < 4.78 is 10.7. The van der Waals surface area contributed by atoms with Gasteiger partial charge in [-0.1, -0.05) is 39.5 Å². The van der Waals surface area contributed by atoms with Gasteiger partial charge >= 0.3 is 11.9 Å². The minimum atomic E-state index is -0.352. The van der Waals surface area contributed by atoms with Gasteiger partial charge in [0.15, 0.2) is 0 Å². The molecule has 2 unspecified atom stereocenters. The molecule has 0 aromatic heterocycles. The Morgan fingerprint density at radius 3 is 2.17 bits per heavy atom. The van der Waals surface area contributed by atoms with Crippen LogP contribution in [-0.2, 0) is 19.1 Å². The molecule has 24 heavy (non-hydrogen) atoms. The lowest BCUT2D eigenvalue weighted by molar-refractivity contribution is -0.155. The van der Waals surface area contributed by atoms with Gasteiger partial charge in [-0.2, -0.15) is 0 Å². The smallest absolute Gasteiger partial charge is 0.306 e. The topological polar surface area (TPSA) is 52.6 Å². The molecule has 4 nitrogen and oxygen atoms in total. The van der Waals surface area contributed by atoms with Crippen LogP contribution < -0.4 is 0 Å². The first-order chi connectivity index (χ1) is 11.5. The maximum atomic E-state index is 11.8. The fourth-order valence-corrected chi connectivity index (χ4v) is 2.14. The molecule has 4 heteroatoms. The van der Waals surface area contributed by atoms with Crippen LogP contribution in [0.15, 0.2) is 0 Å². The molecule has 0 aliphatic heterocycles. The van der Waals surface area contributed by atoms with Crippen molar-refractivity contribution in [3.05, 3.63) is 0 Å². The second-order valence-electron chi connectivity index (χ2n) is 6.12. The summed E-state index contributed by atoms with van der Waals surface area (Å²) in [6, 6.07) is 0. The summed E-state index contributed by atoms with van der Waals surface area (Å²) in [5, 5.41) is 0. The number of carbonyl (C=O) groups excluding carboxylic acids is 2. The van der Waals surface area contributed by atoms with Gasteiger partial charge in [0.1, 0.15) is 6.10 Å². The van der Waals surface area contributed by atoms with Crippen LogP contribution in [0.5, 0.6) is 0 Å². The zero-order chi connectivity index (χ0) is 18.2. The lowest BCUT2D eigenvalue weighted by Crippen LogP contribution is -2.19. The number of carbonyl (C=O) groups is 2. The van der Waals surface area contributed by atoms with Crippen LogP contribution >= 0.6 is 0 Å². The highest BCUT2D eigenvalue weighted by Crippen LogP contribution is 2.09. The van der Waals surface area contributed by atoms with Crippen molar-refractivity contribution in [2.45, 2.75) is 104 Å². The summed E-state index contributed by atoms with van der Waals surface area (Å²) in [6.07, 6.45) is 7.28. The third-order valence-corrected chi connectivity index (χ3v) is 3.66. The van der Waals surface area contributed by atoms with Gasteiger partial charge in [0.25, 0.3) is 0 Å². The molecule has 0 spiro atoms. The predicted molar refractivity (Wildman–Crippen MR) is 96.4 cm³/mol. The largest absolute Gasteiger partial charge is 0.463 e. The maximum absolute atomic E-state index is 11.8. The van der Waals surface area contributed by atoms with E-state index in [-0.39, 0.29) is 37.0 Å². The van der Waals surface area contributed by atoms with E-state index in [1.807, 2.05) is 13.8 Å². The van der Waals surface area contributed by atoms with Crippen LogP contribution in [0.3, 0.4) is 0 Å². The quantitative estimate of drug-likeness (QED) is 0.291. The van der Waals surface area contributed by atoms with E-state index in [4.69, 9.17) is 9.47 Å². The van der Waals surface area contributed by atoms with Crippen molar-refractivity contribution in [1.82, 2.24) is 0 Å². The first-order valence-electron chi connectivity index (χ1n) is 9.38. The summed E-state index contributed by atoms with van der Waals surface area (Å²) >= 11 is 0. The van der Waals surface area contributed by atoms with E-state index in [9.17, 15) is 9.59 Å². The Morgan fingerprint density at radius 1 is 0.917 bits per heavy atom. The van der Waals surface area contributed by atoms with Gasteiger partial charge in [0.2, 0.25) is 0 Å². The first kappa shape index (κ1) is 22.5. The monoisotopic (exact) mass is 338 g/mol. The highest BCUT2D eigenvalue weighted by molar-refractivity contribution is 5.77. The van der Waals surface area contributed by atoms with Crippen LogP contribution in [0.1, 0.15) is 91.9 Å². The Kier molecular flexibility index (Phi) is 14.1. The molecule has 2 atom stereocenters. The standard InChI is InChI=1S/C20H34O4/c1-5-8-10-12-14-18(7-3)24-20(22)16-15-19(21)23-17(4)13-11-9-6-2/h17-18H,5-9,11,13-16H2,1-4H3. The van der Waals surface area contributed by atoms with Crippen molar-refractivity contribution in [1.29, 1.82) is 0 Å². The molecule has 0 heterocycles. The van der Waals surface area contributed by atoms with Crippen molar-refractivity contribution >= 4 is 11.9 Å². The van der Waals surface area contributed by atoms with Gasteiger partial charge in [-0.25, -0.2) is 0 Å². The molecule has 138 valence electrons. The Bertz CT molecular complexity index is 406. The molecule has 0 saturated carbocycles. The van der Waals surface area contributed by atoms with E-state index < -0.39 is 0 Å². The average molecular weight is 338 g/mol. The lowest BCUT2D eigenvalue weighted by Gasteiger charge is -2.15. The molecule has 0 radical (unpaired) electrons. The Morgan fingerprint density at radius 2 is 1.58 bits per heavy atom. The van der Waals surface area contributed by atoms with Crippen molar-refractivity contribution in [2.75, 3.05) is 0 Å². The lowest BCUT2D eigenvalue weighted by atomic mass is 10.1. The fourth-order valence-electron chi connectivity index (χ4n) is 2.14. The molecule has 0 fully saturated rings. The predicted octanol–water partition coefficient (Wildman–Crippen LogP) is 4.79. The Labute approximate surface area is 147 Å². The highest BCUT2D eigenvalue weighted by Gasteiger charge is 2.15. The van der Waals surface area contributed by atoms with E-state index >= 15 is 0 Å². The number of hydrogen-bond acceptors (Lipinski definition) is 4. The highest BCUT2D eigenvalue weighted by atomic mass is 16.5. The summed E-state index contributed by atoms with van der Waals surface area (Å²) in [5.74, 6) is 5.41. The third kappa shape index (κ3) is 13.0. The van der Waals surface area contributed by atoms with Gasteiger partial charge in [-0.05, 0) is 32.6 Å². The van der Waals surface area contributed by atoms with Crippen molar-refractivity contribution < 1.29 is 19.1 Å². The zero-order valence-corrected chi connectivity index (χ0v) is 15.9. The molecular weight excluding hydrogens is 304 g/mol. The van der Waals surface area contributed by atoms with Gasteiger partial charge in [-0.15, -0.1) is 5.92 Å². The van der Waals surface area contributed by atoms with Gasteiger partial charge in [0, 0.05) is 12.8 Å². The number of unbranched alkanes of at least 4 members (excludes halogenated alkanes) is 3. The van der Waals surface area contributed by atoms with Crippen molar-refractivity contribution in [3.63, 3.8) is 0 Å². The summed E-state index contributed by atoms with van der Waals surface area (Å²) in [5.41, 5.74) is 0. The van der Waals surface area contributed by atoms with E-state index in [1.165, 1.54) is 0 Å². The van der Waals surface area contributed by atoms with Crippen molar-refractivity contribution in [3.8, 4) is 11.8 Å². The Hall–Kier alpha value is -1.50. The Balaban J connectivity index is 3.97. The van der Waals surface area contributed by atoms with Gasteiger partial charge in [-0.3, -0.25) is 9.59 Å². The third-order valence-electron chi connectivity index (χ3n) is 3.66. The molecule has 0 aromatic carbocycles. The summed E-state index contributed by atoms with van der Waals surface area (Å²) in [6.45, 7) is 8.08.